The SMILES string of the molecule is O=C(COc1ccccc1-c1ccc2[nH]ncc2c1)N1CCC(CCc2ccccc2)CC1. The third kappa shape index (κ3) is 5.08. The van der Waals surface area contributed by atoms with Gasteiger partial charge in [-0.25, -0.2) is 0 Å². The van der Waals surface area contributed by atoms with Crippen molar-refractivity contribution in [1.82, 2.24) is 15.1 Å². The summed E-state index contributed by atoms with van der Waals surface area (Å²) in [5, 5.41) is 8.12. The molecule has 5 rings (SSSR count). The Morgan fingerprint density at radius 1 is 1.00 bits per heavy atom. The highest BCUT2D eigenvalue weighted by Crippen LogP contribution is 2.31. The molecule has 33 heavy (non-hydrogen) atoms. The fourth-order valence-electron chi connectivity index (χ4n) is 4.66. The van der Waals surface area contributed by atoms with E-state index in [1.807, 2.05) is 47.5 Å². The first-order chi connectivity index (χ1) is 16.3. The molecule has 0 atom stereocenters. The monoisotopic (exact) mass is 439 g/mol. The standard InChI is InChI=1S/C28H29N3O2/c32-28(31-16-14-22(15-17-31)11-10-21-6-2-1-3-7-21)20-33-27-9-5-4-8-25(27)23-12-13-26-24(18-23)19-29-30-26/h1-9,12-13,18-19,22H,10-11,14-17,20H2,(H,29,30). The largest absolute Gasteiger partial charge is 0.483 e. The molecule has 4 aromatic rings. The van der Waals surface area contributed by atoms with E-state index in [0.29, 0.717) is 5.92 Å². The van der Waals surface area contributed by atoms with Crippen molar-refractivity contribution in [3.8, 4) is 16.9 Å². The summed E-state index contributed by atoms with van der Waals surface area (Å²) in [5.74, 6) is 1.48. The van der Waals surface area contributed by atoms with Crippen LogP contribution in [-0.2, 0) is 11.2 Å². The number of para-hydroxylation sites is 1. The van der Waals surface area contributed by atoms with E-state index < -0.39 is 0 Å². The highest BCUT2D eigenvalue weighted by molar-refractivity contribution is 5.85. The summed E-state index contributed by atoms with van der Waals surface area (Å²) in [6.07, 6.45) is 6.26. The molecule has 0 saturated carbocycles. The van der Waals surface area contributed by atoms with Gasteiger partial charge in [0.1, 0.15) is 5.75 Å². The average Bonchev–Trinajstić information content (AvgIpc) is 3.35. The number of hydrogen-bond donors (Lipinski definition) is 1. The maximum atomic E-state index is 12.8. The van der Waals surface area contributed by atoms with Crippen molar-refractivity contribution in [2.45, 2.75) is 25.7 Å². The lowest BCUT2D eigenvalue weighted by atomic mass is 9.90. The number of aromatic amines is 1. The number of aromatic nitrogens is 2. The highest BCUT2D eigenvalue weighted by atomic mass is 16.5. The van der Waals surface area contributed by atoms with Crippen molar-refractivity contribution in [3.05, 3.63) is 84.6 Å². The van der Waals surface area contributed by atoms with E-state index in [9.17, 15) is 4.79 Å². The predicted molar refractivity (Wildman–Crippen MR) is 131 cm³/mol. The van der Waals surface area contributed by atoms with Gasteiger partial charge in [0.15, 0.2) is 6.61 Å². The lowest BCUT2D eigenvalue weighted by Gasteiger charge is -2.32. The van der Waals surface area contributed by atoms with Crippen LogP contribution in [0.4, 0.5) is 0 Å². The fourth-order valence-corrected chi connectivity index (χ4v) is 4.66. The van der Waals surface area contributed by atoms with Gasteiger partial charge >= 0.3 is 0 Å². The number of fused-ring (bicyclic) bond motifs is 1. The Hall–Kier alpha value is -3.60. The number of hydrogen-bond acceptors (Lipinski definition) is 3. The number of amides is 1. The molecule has 2 heterocycles. The Labute approximate surface area is 194 Å². The zero-order valence-corrected chi connectivity index (χ0v) is 18.7. The van der Waals surface area contributed by atoms with Gasteiger partial charge in [0.25, 0.3) is 5.91 Å². The van der Waals surface area contributed by atoms with Crippen molar-refractivity contribution < 1.29 is 9.53 Å². The molecular weight excluding hydrogens is 410 g/mol. The van der Waals surface area contributed by atoms with Crippen LogP contribution in [0.25, 0.3) is 22.0 Å². The number of ether oxygens (including phenoxy) is 1. The van der Waals surface area contributed by atoms with Gasteiger partial charge in [0.05, 0.1) is 11.7 Å². The Balaban J connectivity index is 1.15. The van der Waals surface area contributed by atoms with Crippen LogP contribution >= 0.6 is 0 Å². The third-order valence-electron chi connectivity index (χ3n) is 6.64. The zero-order chi connectivity index (χ0) is 22.5. The first kappa shape index (κ1) is 21.3. The molecule has 1 aromatic heterocycles. The molecule has 1 saturated heterocycles. The molecule has 0 aliphatic carbocycles. The smallest absolute Gasteiger partial charge is 0.260 e. The number of carbonyl (C=O) groups is 1. The Morgan fingerprint density at radius 2 is 1.79 bits per heavy atom. The van der Waals surface area contributed by atoms with E-state index in [2.05, 4.69) is 46.6 Å². The van der Waals surface area contributed by atoms with Gasteiger partial charge in [0, 0.05) is 24.0 Å². The molecular formula is C28H29N3O2. The van der Waals surface area contributed by atoms with Crippen molar-refractivity contribution in [3.63, 3.8) is 0 Å². The molecule has 0 bridgehead atoms. The Morgan fingerprint density at radius 3 is 2.64 bits per heavy atom. The molecule has 5 nitrogen and oxygen atoms in total. The predicted octanol–water partition coefficient (Wildman–Crippen LogP) is 5.48. The number of nitrogens with zero attached hydrogens (tertiary/aromatic N) is 2. The van der Waals surface area contributed by atoms with Crippen LogP contribution < -0.4 is 4.74 Å². The van der Waals surface area contributed by atoms with Crippen LogP contribution in [0.1, 0.15) is 24.8 Å². The first-order valence-corrected chi connectivity index (χ1v) is 11.7. The zero-order valence-electron chi connectivity index (χ0n) is 18.7. The van der Waals surface area contributed by atoms with Gasteiger partial charge in [-0.2, -0.15) is 5.10 Å². The number of rotatable bonds is 7. The number of carbonyl (C=O) groups excluding carboxylic acids is 1. The molecule has 1 N–H and O–H groups in total. The fraction of sp³-hybridized carbons (Fsp3) is 0.286. The van der Waals surface area contributed by atoms with Crippen molar-refractivity contribution >= 4 is 16.8 Å². The number of aryl methyl sites for hydroxylation is 1. The van der Waals surface area contributed by atoms with Gasteiger partial charge in [-0.15, -0.1) is 0 Å². The summed E-state index contributed by atoms with van der Waals surface area (Å²) in [6.45, 7) is 1.71. The molecule has 1 aliphatic rings. The van der Waals surface area contributed by atoms with E-state index in [-0.39, 0.29) is 12.5 Å². The number of nitrogens with one attached hydrogen (secondary N) is 1. The molecule has 5 heteroatoms. The number of piperidine rings is 1. The van der Waals surface area contributed by atoms with E-state index in [1.54, 1.807) is 0 Å². The molecule has 1 fully saturated rings. The molecule has 168 valence electrons. The van der Waals surface area contributed by atoms with Crippen molar-refractivity contribution in [2.75, 3.05) is 19.7 Å². The lowest BCUT2D eigenvalue weighted by molar-refractivity contribution is -0.134. The molecule has 1 aliphatic heterocycles. The van der Waals surface area contributed by atoms with E-state index >= 15 is 0 Å². The van der Waals surface area contributed by atoms with Gasteiger partial charge < -0.3 is 9.64 Å². The number of benzene rings is 3. The van der Waals surface area contributed by atoms with Crippen LogP contribution in [-0.4, -0.2) is 40.7 Å². The van der Waals surface area contributed by atoms with Crippen molar-refractivity contribution in [1.29, 1.82) is 0 Å². The topological polar surface area (TPSA) is 58.2 Å². The molecule has 1 amide bonds. The van der Waals surface area contributed by atoms with Crippen molar-refractivity contribution in [2.24, 2.45) is 5.92 Å². The summed E-state index contributed by atoms with van der Waals surface area (Å²) >= 11 is 0. The minimum atomic E-state index is 0.0663. The second kappa shape index (κ2) is 9.90. The van der Waals surface area contributed by atoms with Crippen LogP contribution in [0.2, 0.25) is 0 Å². The second-order valence-electron chi connectivity index (χ2n) is 8.81. The van der Waals surface area contributed by atoms with Gasteiger partial charge in [-0.1, -0.05) is 54.6 Å². The normalized spacial score (nSPS) is 14.5. The summed E-state index contributed by atoms with van der Waals surface area (Å²) in [4.78, 5) is 14.8. The molecule has 0 unspecified atom stereocenters. The van der Waals surface area contributed by atoms with Crippen LogP contribution in [0.15, 0.2) is 79.0 Å². The highest BCUT2D eigenvalue weighted by Gasteiger charge is 2.23. The molecule has 0 radical (unpaired) electrons. The third-order valence-corrected chi connectivity index (χ3v) is 6.64. The van der Waals surface area contributed by atoms with E-state index in [4.69, 9.17) is 4.74 Å². The second-order valence-corrected chi connectivity index (χ2v) is 8.81. The minimum Gasteiger partial charge on any atom is -0.483 e. The van der Waals surface area contributed by atoms with Gasteiger partial charge in [0.2, 0.25) is 0 Å². The lowest BCUT2D eigenvalue weighted by Crippen LogP contribution is -2.41. The molecule has 3 aromatic carbocycles. The maximum absolute atomic E-state index is 12.8. The van der Waals surface area contributed by atoms with Gasteiger partial charge in [-0.3, -0.25) is 9.89 Å². The quantitative estimate of drug-likeness (QED) is 0.415. The first-order valence-electron chi connectivity index (χ1n) is 11.7. The molecule has 0 spiro atoms. The van der Waals surface area contributed by atoms with Crippen LogP contribution in [0.3, 0.4) is 0 Å². The number of H-pyrrole nitrogens is 1. The van der Waals surface area contributed by atoms with Gasteiger partial charge in [-0.05, 0) is 60.9 Å². The summed E-state index contributed by atoms with van der Waals surface area (Å²) in [7, 11) is 0. The average molecular weight is 440 g/mol. The summed E-state index contributed by atoms with van der Waals surface area (Å²) in [6, 6.07) is 24.7. The number of likely N-dealkylation sites (tertiary alicyclic amines) is 1. The van der Waals surface area contributed by atoms with E-state index in [0.717, 1.165) is 60.1 Å². The summed E-state index contributed by atoms with van der Waals surface area (Å²) in [5.41, 5.74) is 4.42. The maximum Gasteiger partial charge on any atom is 0.260 e. The van der Waals surface area contributed by atoms with Crippen LogP contribution in [0, 0.1) is 5.92 Å². The van der Waals surface area contributed by atoms with E-state index in [1.165, 1.54) is 12.0 Å². The minimum absolute atomic E-state index is 0.0663. The summed E-state index contributed by atoms with van der Waals surface area (Å²) < 4.78 is 6.02. The van der Waals surface area contributed by atoms with Crippen LogP contribution in [0.5, 0.6) is 5.75 Å². The Kier molecular flexibility index (Phi) is 6.38. The Bertz CT molecular complexity index is 1210.